The molecule has 232 valence electrons. The normalized spacial score (nSPS) is 20.2. The molecule has 0 radical (unpaired) electrons. The fourth-order valence-corrected chi connectivity index (χ4v) is 7.02. The fraction of sp³-hybridized carbons (Fsp3) is 0.862. The molecule has 40 heavy (non-hydrogen) atoms. The molecule has 11 heteroatoms. The number of ether oxygens (including phenoxy) is 1. The summed E-state index contributed by atoms with van der Waals surface area (Å²) >= 11 is 3.14. The molecule has 0 aromatic heterocycles. The summed E-state index contributed by atoms with van der Waals surface area (Å²) in [7, 11) is 0. The second-order valence-electron chi connectivity index (χ2n) is 13.5. The van der Waals surface area contributed by atoms with Gasteiger partial charge in [0.05, 0.1) is 6.10 Å². The Labute approximate surface area is 249 Å². The third kappa shape index (κ3) is 13.6. The van der Waals surface area contributed by atoms with E-state index < -0.39 is 29.4 Å². The van der Waals surface area contributed by atoms with E-state index in [-0.39, 0.29) is 45.0 Å². The van der Waals surface area contributed by atoms with Crippen molar-refractivity contribution < 1.29 is 34.1 Å². The van der Waals surface area contributed by atoms with E-state index in [4.69, 9.17) is 4.74 Å². The van der Waals surface area contributed by atoms with Crippen LogP contribution in [0.2, 0.25) is 0 Å². The minimum absolute atomic E-state index is 0.114. The molecule has 1 saturated carbocycles. The number of carbonyl (C=O) groups is 4. The lowest BCUT2D eigenvalue weighted by atomic mass is 9.87. The zero-order valence-electron chi connectivity index (χ0n) is 25.8. The molecule has 0 aliphatic heterocycles. The Hall–Kier alpha value is -1.30. The number of aliphatic carboxylic acids is 2. The smallest absolute Gasteiger partial charge is 0.327 e. The first-order valence-electron chi connectivity index (χ1n) is 14.2. The van der Waals surface area contributed by atoms with Gasteiger partial charge in [-0.25, -0.2) is 4.79 Å². The lowest BCUT2D eigenvalue weighted by Gasteiger charge is -2.37. The molecule has 0 saturated heterocycles. The fourth-order valence-electron chi connectivity index (χ4n) is 3.91. The molecule has 0 bridgehead atoms. The van der Waals surface area contributed by atoms with E-state index in [9.17, 15) is 29.4 Å². The quantitative estimate of drug-likeness (QED) is 0.175. The highest BCUT2D eigenvalue weighted by Gasteiger charge is 2.36. The van der Waals surface area contributed by atoms with E-state index >= 15 is 0 Å². The van der Waals surface area contributed by atoms with Crippen LogP contribution in [0.1, 0.15) is 94.4 Å². The summed E-state index contributed by atoms with van der Waals surface area (Å²) in [6.07, 6.45) is 3.27. The Morgan fingerprint density at radius 2 is 1.38 bits per heavy atom. The first-order valence-corrected chi connectivity index (χ1v) is 16.2. The number of Topliss-reactive ketones (excluding diaryl/α,β-unsaturated/α-hetero) is 1. The van der Waals surface area contributed by atoms with Gasteiger partial charge < -0.3 is 20.3 Å². The predicted octanol–water partition coefficient (Wildman–Crippen LogP) is 4.61. The molecule has 9 nitrogen and oxygen atoms in total. The number of amides is 1. The van der Waals surface area contributed by atoms with Crippen molar-refractivity contribution in [2.24, 2.45) is 10.8 Å². The van der Waals surface area contributed by atoms with E-state index in [0.717, 1.165) is 12.8 Å². The standard InChI is InChI=1S/C29H52N2O7S2/c1-18(10-13-23(32)27(2,3)4)38-15-14-29(8,9)26(37)30-19(24(33)34)16-39-21-11-12-22(21)40-17-20(25(35)36)31-28(5,6)7/h18-22,31H,10-17H2,1-9H3,(H,30,37)(H,33,34)(H,35,36). The first-order chi connectivity index (χ1) is 18.2. The Morgan fingerprint density at radius 1 is 0.875 bits per heavy atom. The zero-order valence-corrected chi connectivity index (χ0v) is 27.4. The van der Waals surface area contributed by atoms with Gasteiger partial charge in [0, 0.05) is 51.4 Å². The maximum atomic E-state index is 13.0. The van der Waals surface area contributed by atoms with Crippen LogP contribution in [-0.2, 0) is 23.9 Å². The monoisotopic (exact) mass is 604 g/mol. The number of hydrogen-bond donors (Lipinski definition) is 4. The average Bonchev–Trinajstić information content (AvgIpc) is 2.78. The van der Waals surface area contributed by atoms with Crippen LogP contribution < -0.4 is 10.6 Å². The van der Waals surface area contributed by atoms with E-state index in [1.54, 1.807) is 25.6 Å². The molecule has 0 heterocycles. The predicted molar refractivity (Wildman–Crippen MR) is 163 cm³/mol. The number of thioether (sulfide) groups is 2. The third-order valence-corrected chi connectivity index (χ3v) is 10.2. The Morgan fingerprint density at radius 3 is 1.80 bits per heavy atom. The van der Waals surface area contributed by atoms with Crippen LogP contribution in [0, 0.1) is 10.8 Å². The largest absolute Gasteiger partial charge is 0.480 e. The van der Waals surface area contributed by atoms with Crippen molar-refractivity contribution in [3.8, 4) is 0 Å². The molecule has 5 unspecified atom stereocenters. The maximum Gasteiger partial charge on any atom is 0.327 e. The van der Waals surface area contributed by atoms with Crippen LogP contribution in [-0.4, -0.2) is 86.2 Å². The summed E-state index contributed by atoms with van der Waals surface area (Å²) in [5, 5.41) is 25.6. The molecule has 5 atom stereocenters. The van der Waals surface area contributed by atoms with Gasteiger partial charge in [-0.3, -0.25) is 19.7 Å². The maximum absolute atomic E-state index is 13.0. The highest BCUT2D eigenvalue weighted by atomic mass is 32.2. The van der Waals surface area contributed by atoms with E-state index in [1.807, 2.05) is 48.5 Å². The van der Waals surface area contributed by atoms with Crippen molar-refractivity contribution in [2.45, 2.75) is 129 Å². The number of carboxylic acid groups (broad SMARTS) is 2. The Bertz CT molecular complexity index is 867. The first kappa shape index (κ1) is 36.7. The van der Waals surface area contributed by atoms with Gasteiger partial charge in [0.1, 0.15) is 17.9 Å². The molecule has 1 aliphatic rings. The van der Waals surface area contributed by atoms with Crippen LogP contribution in [0.15, 0.2) is 0 Å². The molecule has 1 aliphatic carbocycles. The van der Waals surface area contributed by atoms with Gasteiger partial charge in [0.2, 0.25) is 5.91 Å². The topological polar surface area (TPSA) is 142 Å². The van der Waals surface area contributed by atoms with Gasteiger partial charge in [-0.15, -0.1) is 0 Å². The molecule has 0 spiro atoms. The average molecular weight is 605 g/mol. The molecule has 0 aromatic carbocycles. The van der Waals surface area contributed by atoms with Gasteiger partial charge in [-0.2, -0.15) is 23.5 Å². The number of carbonyl (C=O) groups excluding carboxylic acids is 2. The highest BCUT2D eigenvalue weighted by molar-refractivity contribution is 8.04. The van der Waals surface area contributed by atoms with Crippen LogP contribution >= 0.6 is 23.5 Å². The molecule has 1 amide bonds. The number of carboxylic acids is 2. The summed E-state index contributed by atoms with van der Waals surface area (Å²) in [6.45, 7) is 17.3. The molecule has 0 aromatic rings. The Balaban J connectivity index is 2.51. The second-order valence-corrected chi connectivity index (χ2v) is 16.0. The molecule has 4 N–H and O–H groups in total. The van der Waals surface area contributed by atoms with Crippen molar-refractivity contribution in [1.82, 2.24) is 10.6 Å². The van der Waals surface area contributed by atoms with Crippen molar-refractivity contribution in [3.05, 3.63) is 0 Å². The number of nitrogens with one attached hydrogen (secondary N) is 2. The summed E-state index contributed by atoms with van der Waals surface area (Å²) in [5.41, 5.74) is -1.50. The summed E-state index contributed by atoms with van der Waals surface area (Å²) in [6, 6.07) is -1.66. The van der Waals surface area contributed by atoms with Gasteiger partial charge in [0.15, 0.2) is 0 Å². The molecular formula is C29H52N2O7S2. The van der Waals surface area contributed by atoms with Crippen molar-refractivity contribution in [2.75, 3.05) is 18.1 Å². The van der Waals surface area contributed by atoms with Gasteiger partial charge in [-0.1, -0.05) is 34.6 Å². The van der Waals surface area contributed by atoms with Crippen LogP contribution in [0.4, 0.5) is 0 Å². The minimum Gasteiger partial charge on any atom is -0.480 e. The van der Waals surface area contributed by atoms with Crippen molar-refractivity contribution in [1.29, 1.82) is 0 Å². The highest BCUT2D eigenvalue weighted by Crippen LogP contribution is 2.40. The van der Waals surface area contributed by atoms with Crippen LogP contribution in [0.3, 0.4) is 0 Å². The zero-order chi connectivity index (χ0) is 30.9. The van der Waals surface area contributed by atoms with Crippen LogP contribution in [0.25, 0.3) is 0 Å². The number of hydrogen-bond acceptors (Lipinski definition) is 8. The molecule has 1 rings (SSSR count). The molecular weight excluding hydrogens is 552 g/mol. The van der Waals surface area contributed by atoms with Crippen LogP contribution in [0.5, 0.6) is 0 Å². The number of ketones is 1. The summed E-state index contributed by atoms with van der Waals surface area (Å²) in [4.78, 5) is 48.7. The summed E-state index contributed by atoms with van der Waals surface area (Å²) < 4.78 is 5.84. The van der Waals surface area contributed by atoms with E-state index in [0.29, 0.717) is 31.6 Å². The van der Waals surface area contributed by atoms with E-state index in [2.05, 4.69) is 10.6 Å². The lowest BCUT2D eigenvalue weighted by Crippen LogP contribution is -2.50. The van der Waals surface area contributed by atoms with Crippen molar-refractivity contribution >= 4 is 47.2 Å². The van der Waals surface area contributed by atoms with Gasteiger partial charge in [0.25, 0.3) is 0 Å². The Kier molecular flexibility index (Phi) is 14.5. The van der Waals surface area contributed by atoms with Gasteiger partial charge in [-0.05, 0) is 53.4 Å². The summed E-state index contributed by atoms with van der Waals surface area (Å²) in [5.74, 6) is -1.41. The van der Waals surface area contributed by atoms with E-state index in [1.165, 1.54) is 11.8 Å². The SMILES string of the molecule is CC(CCC(=O)C(C)(C)C)OCCC(C)(C)C(=O)NC(CSC1CCC1SCC(NC(C)(C)C)C(=O)O)C(=O)O. The second kappa shape index (κ2) is 15.8. The molecule has 1 fully saturated rings. The number of rotatable bonds is 18. The third-order valence-electron chi connectivity index (χ3n) is 6.97. The lowest BCUT2D eigenvalue weighted by molar-refractivity contribution is -0.143. The minimum atomic E-state index is -1.08. The van der Waals surface area contributed by atoms with Crippen molar-refractivity contribution in [3.63, 3.8) is 0 Å². The van der Waals surface area contributed by atoms with Gasteiger partial charge >= 0.3 is 11.9 Å².